The second-order valence-corrected chi connectivity index (χ2v) is 4.04. The molecule has 2 heterocycles. The number of aliphatic hydroxyl groups is 1. The Morgan fingerprint density at radius 2 is 1.71 bits per heavy atom. The highest BCUT2D eigenvalue weighted by molar-refractivity contribution is 5.38. The molecule has 2 rings (SSSR count). The topological polar surface area (TPSA) is 80.6 Å². The van der Waals surface area contributed by atoms with Crippen LogP contribution in [0.15, 0.2) is 0 Å². The van der Waals surface area contributed by atoms with E-state index in [9.17, 15) is 5.11 Å². The molecule has 0 radical (unpaired) electrons. The predicted octanol–water partition coefficient (Wildman–Crippen LogP) is -0.150. The molecule has 0 saturated carbocycles. The van der Waals surface area contributed by atoms with Gasteiger partial charge in [-0.3, -0.25) is 0 Å². The van der Waals surface area contributed by atoms with Gasteiger partial charge in [-0.05, 0) is 6.42 Å². The molecule has 1 fully saturated rings. The Bertz CT molecular complexity index is 384. The smallest absolute Gasteiger partial charge is 0.324 e. The van der Waals surface area contributed by atoms with Crippen molar-refractivity contribution in [3.05, 3.63) is 0 Å². The standard InChI is InChI=1S/C10H16N4O3/c1-4-10(15)5-14(6-10)7-11-8(16-2)13-9(12-7)17-3/h15H,4-6H2,1-3H3. The number of nitrogens with zero attached hydrogens (tertiary/aromatic N) is 4. The molecule has 7 heteroatoms. The Hall–Kier alpha value is -1.63. The van der Waals surface area contributed by atoms with Crippen molar-refractivity contribution in [1.29, 1.82) is 0 Å². The van der Waals surface area contributed by atoms with Gasteiger partial charge < -0.3 is 19.5 Å². The first kappa shape index (κ1) is 11.8. The Labute approximate surface area is 99.4 Å². The monoisotopic (exact) mass is 240 g/mol. The summed E-state index contributed by atoms with van der Waals surface area (Å²) >= 11 is 0. The first-order valence-corrected chi connectivity index (χ1v) is 5.41. The van der Waals surface area contributed by atoms with Gasteiger partial charge in [0.05, 0.1) is 32.9 Å². The number of aromatic nitrogens is 3. The fourth-order valence-electron chi connectivity index (χ4n) is 1.68. The van der Waals surface area contributed by atoms with E-state index in [2.05, 4.69) is 15.0 Å². The number of β-amino-alcohol motifs (C(OH)–C–C–N with tert-alkyl or cyclic N) is 1. The first-order valence-electron chi connectivity index (χ1n) is 5.41. The molecule has 0 atom stereocenters. The zero-order valence-corrected chi connectivity index (χ0v) is 10.2. The average molecular weight is 240 g/mol. The molecule has 1 aliphatic rings. The van der Waals surface area contributed by atoms with E-state index >= 15 is 0 Å². The van der Waals surface area contributed by atoms with E-state index in [1.54, 1.807) is 0 Å². The van der Waals surface area contributed by atoms with Gasteiger partial charge >= 0.3 is 12.0 Å². The summed E-state index contributed by atoms with van der Waals surface area (Å²) in [7, 11) is 2.97. The number of ether oxygens (including phenoxy) is 2. The minimum absolute atomic E-state index is 0.207. The quantitative estimate of drug-likeness (QED) is 0.783. The summed E-state index contributed by atoms with van der Waals surface area (Å²) in [4.78, 5) is 14.0. The van der Waals surface area contributed by atoms with Crippen LogP contribution in [-0.4, -0.2) is 53.0 Å². The zero-order chi connectivity index (χ0) is 12.5. The second-order valence-electron chi connectivity index (χ2n) is 4.04. The lowest BCUT2D eigenvalue weighted by Gasteiger charge is -2.45. The highest BCUT2D eigenvalue weighted by Gasteiger charge is 2.41. The van der Waals surface area contributed by atoms with Gasteiger partial charge in [0.25, 0.3) is 0 Å². The zero-order valence-electron chi connectivity index (χ0n) is 10.2. The van der Waals surface area contributed by atoms with E-state index in [4.69, 9.17) is 9.47 Å². The molecule has 1 N–H and O–H groups in total. The number of anilines is 1. The van der Waals surface area contributed by atoms with Gasteiger partial charge in [0.15, 0.2) is 0 Å². The van der Waals surface area contributed by atoms with Crippen LogP contribution in [0.2, 0.25) is 0 Å². The summed E-state index contributed by atoms with van der Waals surface area (Å²) in [6.07, 6.45) is 0.711. The molecule has 94 valence electrons. The number of methoxy groups -OCH3 is 2. The molecule has 0 unspecified atom stereocenters. The Morgan fingerprint density at radius 1 is 1.18 bits per heavy atom. The van der Waals surface area contributed by atoms with Crippen molar-refractivity contribution >= 4 is 5.95 Å². The van der Waals surface area contributed by atoms with Gasteiger partial charge in [-0.2, -0.15) is 9.97 Å². The normalized spacial score (nSPS) is 17.5. The Balaban J connectivity index is 2.17. The van der Waals surface area contributed by atoms with Gasteiger partial charge in [-0.1, -0.05) is 6.92 Å². The maximum Gasteiger partial charge on any atom is 0.324 e. The lowest BCUT2D eigenvalue weighted by molar-refractivity contribution is 0.00737. The highest BCUT2D eigenvalue weighted by atomic mass is 16.5. The predicted molar refractivity (Wildman–Crippen MR) is 60.4 cm³/mol. The van der Waals surface area contributed by atoms with Crippen LogP contribution >= 0.6 is 0 Å². The average Bonchev–Trinajstić information content (AvgIpc) is 2.34. The molecule has 1 aromatic heterocycles. The van der Waals surface area contributed by atoms with Crippen LogP contribution in [0.1, 0.15) is 13.3 Å². The summed E-state index contributed by atoms with van der Waals surface area (Å²) < 4.78 is 9.93. The molecule has 7 nitrogen and oxygen atoms in total. The number of hydrogen-bond donors (Lipinski definition) is 1. The van der Waals surface area contributed by atoms with Crippen molar-refractivity contribution in [3.8, 4) is 12.0 Å². The van der Waals surface area contributed by atoms with Crippen molar-refractivity contribution < 1.29 is 14.6 Å². The van der Waals surface area contributed by atoms with Crippen molar-refractivity contribution in [2.45, 2.75) is 18.9 Å². The van der Waals surface area contributed by atoms with Crippen LogP contribution in [0.3, 0.4) is 0 Å². The third-order valence-electron chi connectivity index (χ3n) is 2.86. The lowest BCUT2D eigenvalue weighted by Crippen LogP contribution is -2.62. The fraction of sp³-hybridized carbons (Fsp3) is 0.700. The summed E-state index contributed by atoms with van der Waals surface area (Å²) in [6, 6.07) is 0.414. The molecule has 0 aromatic carbocycles. The SMILES string of the molecule is CCC1(O)CN(c2nc(OC)nc(OC)n2)C1. The number of rotatable bonds is 4. The van der Waals surface area contributed by atoms with Gasteiger partial charge in [-0.15, -0.1) is 4.98 Å². The molecule has 0 spiro atoms. The third-order valence-corrected chi connectivity index (χ3v) is 2.86. The first-order chi connectivity index (χ1) is 8.10. The van der Waals surface area contributed by atoms with Gasteiger partial charge in [0.1, 0.15) is 0 Å². The largest absolute Gasteiger partial charge is 0.467 e. The Kier molecular flexibility index (Phi) is 3.01. The summed E-state index contributed by atoms with van der Waals surface area (Å²) in [5, 5.41) is 9.93. The van der Waals surface area contributed by atoms with E-state index in [1.165, 1.54) is 14.2 Å². The van der Waals surface area contributed by atoms with E-state index in [0.717, 1.165) is 0 Å². The van der Waals surface area contributed by atoms with Crippen LogP contribution in [0.5, 0.6) is 12.0 Å². The molecule has 17 heavy (non-hydrogen) atoms. The molecular weight excluding hydrogens is 224 g/mol. The van der Waals surface area contributed by atoms with E-state index in [-0.39, 0.29) is 12.0 Å². The van der Waals surface area contributed by atoms with Crippen molar-refractivity contribution in [2.75, 3.05) is 32.2 Å². The van der Waals surface area contributed by atoms with E-state index in [0.29, 0.717) is 25.5 Å². The van der Waals surface area contributed by atoms with Crippen molar-refractivity contribution in [2.24, 2.45) is 0 Å². The summed E-state index contributed by atoms with van der Waals surface area (Å²) in [6.45, 7) is 2.98. The molecule has 0 aliphatic carbocycles. The molecule has 1 aromatic rings. The maximum absolute atomic E-state index is 9.93. The maximum atomic E-state index is 9.93. The van der Waals surface area contributed by atoms with Crippen molar-refractivity contribution in [3.63, 3.8) is 0 Å². The fourth-order valence-corrected chi connectivity index (χ4v) is 1.68. The van der Waals surface area contributed by atoms with Gasteiger partial charge in [-0.25, -0.2) is 0 Å². The molecule has 0 amide bonds. The van der Waals surface area contributed by atoms with Crippen LogP contribution in [0, 0.1) is 0 Å². The third kappa shape index (κ3) is 2.23. The lowest BCUT2D eigenvalue weighted by atomic mass is 9.92. The number of hydrogen-bond acceptors (Lipinski definition) is 7. The second kappa shape index (κ2) is 4.33. The summed E-state index contributed by atoms with van der Waals surface area (Å²) in [5.74, 6) is 0.465. The van der Waals surface area contributed by atoms with Crippen LogP contribution in [-0.2, 0) is 0 Å². The minimum atomic E-state index is -0.632. The van der Waals surface area contributed by atoms with Gasteiger partial charge in [0.2, 0.25) is 5.95 Å². The molecule has 1 saturated heterocycles. The summed E-state index contributed by atoms with van der Waals surface area (Å²) in [5.41, 5.74) is -0.632. The van der Waals surface area contributed by atoms with Crippen molar-refractivity contribution in [1.82, 2.24) is 15.0 Å². The van der Waals surface area contributed by atoms with E-state index < -0.39 is 5.60 Å². The van der Waals surface area contributed by atoms with Crippen LogP contribution in [0.4, 0.5) is 5.95 Å². The Morgan fingerprint density at radius 3 is 2.12 bits per heavy atom. The van der Waals surface area contributed by atoms with Gasteiger partial charge in [0, 0.05) is 0 Å². The molecule has 1 aliphatic heterocycles. The van der Waals surface area contributed by atoms with Crippen LogP contribution in [0.25, 0.3) is 0 Å². The molecule has 0 bridgehead atoms. The van der Waals surface area contributed by atoms with Crippen LogP contribution < -0.4 is 14.4 Å². The molecular formula is C10H16N4O3. The highest BCUT2D eigenvalue weighted by Crippen LogP contribution is 2.28. The minimum Gasteiger partial charge on any atom is -0.467 e. The van der Waals surface area contributed by atoms with E-state index in [1.807, 2.05) is 11.8 Å².